The fraction of sp³-hybridized carbons (Fsp3) is 0.625. The van der Waals surface area contributed by atoms with E-state index in [0.717, 1.165) is 12.1 Å². The van der Waals surface area contributed by atoms with Gasteiger partial charge in [0.1, 0.15) is 5.60 Å². The van der Waals surface area contributed by atoms with E-state index in [9.17, 15) is 9.00 Å². The first-order valence-electron chi connectivity index (χ1n) is 7.56. The summed E-state index contributed by atoms with van der Waals surface area (Å²) in [6, 6.07) is 5.64. The van der Waals surface area contributed by atoms with E-state index in [1.807, 2.05) is 39.0 Å². The quantitative estimate of drug-likeness (QED) is 0.854. The number of rotatable bonds is 4. The minimum Gasteiger partial charge on any atom is -0.444 e. The maximum absolute atomic E-state index is 12.2. The average molecular weight is 324 g/mol. The van der Waals surface area contributed by atoms with Gasteiger partial charge in [-0.15, -0.1) is 0 Å². The third-order valence-electron chi connectivity index (χ3n) is 3.39. The molecule has 1 fully saturated rings. The van der Waals surface area contributed by atoms with E-state index in [-0.39, 0.29) is 12.0 Å². The molecule has 1 aromatic rings. The van der Waals surface area contributed by atoms with Crippen LogP contribution in [-0.4, -0.2) is 44.6 Å². The van der Waals surface area contributed by atoms with Crippen molar-refractivity contribution in [3.05, 3.63) is 30.1 Å². The van der Waals surface area contributed by atoms with E-state index in [1.54, 1.807) is 11.1 Å². The summed E-state index contributed by atoms with van der Waals surface area (Å²) < 4.78 is 17.6. The summed E-state index contributed by atoms with van der Waals surface area (Å²) in [6.45, 7) is 6.89. The Morgan fingerprint density at radius 3 is 2.86 bits per heavy atom. The van der Waals surface area contributed by atoms with Gasteiger partial charge in [-0.2, -0.15) is 0 Å². The molecule has 1 aliphatic rings. The molecule has 0 spiro atoms. The zero-order valence-corrected chi connectivity index (χ0v) is 14.3. The molecule has 1 saturated heterocycles. The normalized spacial score (nSPS) is 20.0. The summed E-state index contributed by atoms with van der Waals surface area (Å²) in [5, 5.41) is 0. The van der Waals surface area contributed by atoms with E-state index >= 15 is 0 Å². The van der Waals surface area contributed by atoms with Crippen LogP contribution in [0.2, 0.25) is 0 Å². The van der Waals surface area contributed by atoms with Gasteiger partial charge >= 0.3 is 6.09 Å². The standard InChI is InChI=1S/C16H24N2O3S/c1-16(2,3)21-15(19)18-9-7-13(10-18)11-22(20)12-14-6-4-5-8-17-14/h4-6,8,13H,7,9-12H2,1-3H3/t13-,22+/m1/s1. The van der Waals surface area contributed by atoms with Crippen LogP contribution in [0.4, 0.5) is 4.79 Å². The van der Waals surface area contributed by atoms with Crippen molar-refractivity contribution >= 4 is 16.9 Å². The molecular formula is C16H24N2O3S. The zero-order valence-electron chi connectivity index (χ0n) is 13.4. The Kier molecular flexibility index (Phi) is 5.56. The molecule has 0 saturated carbocycles. The maximum Gasteiger partial charge on any atom is 0.410 e. The van der Waals surface area contributed by atoms with Crippen LogP contribution >= 0.6 is 0 Å². The minimum atomic E-state index is -0.949. The van der Waals surface area contributed by atoms with Crippen LogP contribution in [0.5, 0.6) is 0 Å². The number of nitrogens with zero attached hydrogens (tertiary/aromatic N) is 2. The van der Waals surface area contributed by atoms with Crippen LogP contribution in [0.25, 0.3) is 0 Å². The lowest BCUT2D eigenvalue weighted by molar-refractivity contribution is 0.0289. The molecular weight excluding hydrogens is 300 g/mol. The number of pyridine rings is 1. The monoisotopic (exact) mass is 324 g/mol. The van der Waals surface area contributed by atoms with Crippen molar-refractivity contribution in [1.29, 1.82) is 0 Å². The second kappa shape index (κ2) is 7.22. The smallest absolute Gasteiger partial charge is 0.410 e. The largest absolute Gasteiger partial charge is 0.444 e. The molecule has 0 aliphatic carbocycles. The van der Waals surface area contributed by atoms with Crippen molar-refractivity contribution in [2.24, 2.45) is 5.92 Å². The molecule has 0 bridgehead atoms. The zero-order chi connectivity index (χ0) is 16.2. The van der Waals surface area contributed by atoms with E-state index in [4.69, 9.17) is 4.74 Å². The number of carbonyl (C=O) groups excluding carboxylic acids is 1. The summed E-state index contributed by atoms with van der Waals surface area (Å²) in [6.07, 6.45) is 2.32. The highest BCUT2D eigenvalue weighted by Crippen LogP contribution is 2.20. The highest BCUT2D eigenvalue weighted by molar-refractivity contribution is 7.84. The van der Waals surface area contributed by atoms with Crippen molar-refractivity contribution < 1.29 is 13.7 Å². The van der Waals surface area contributed by atoms with Gasteiger partial charge in [0.25, 0.3) is 0 Å². The van der Waals surface area contributed by atoms with Gasteiger partial charge < -0.3 is 9.64 Å². The lowest BCUT2D eigenvalue weighted by atomic mass is 10.2. The molecule has 0 unspecified atom stereocenters. The molecule has 1 amide bonds. The molecule has 1 aliphatic heterocycles. The van der Waals surface area contributed by atoms with Gasteiger partial charge in [-0.05, 0) is 45.2 Å². The number of likely N-dealkylation sites (tertiary alicyclic amines) is 1. The molecule has 6 heteroatoms. The molecule has 22 heavy (non-hydrogen) atoms. The summed E-state index contributed by atoms with van der Waals surface area (Å²) >= 11 is 0. The molecule has 122 valence electrons. The van der Waals surface area contributed by atoms with Gasteiger partial charge in [0, 0.05) is 35.8 Å². The Labute approximate surface area is 134 Å². The van der Waals surface area contributed by atoms with Crippen LogP contribution in [0, 0.1) is 5.92 Å². The van der Waals surface area contributed by atoms with Crippen molar-refractivity contribution in [1.82, 2.24) is 9.88 Å². The summed E-state index contributed by atoms with van der Waals surface area (Å²) in [7, 11) is -0.949. The summed E-state index contributed by atoms with van der Waals surface area (Å²) in [5.74, 6) is 1.36. The van der Waals surface area contributed by atoms with Gasteiger partial charge in [0.2, 0.25) is 0 Å². The van der Waals surface area contributed by atoms with Crippen molar-refractivity contribution in [2.45, 2.75) is 38.5 Å². The SMILES string of the molecule is CC(C)(C)OC(=O)N1CC[C@@H](C[S@](=O)Cc2ccccn2)C1. The number of hydrogen-bond acceptors (Lipinski definition) is 4. The van der Waals surface area contributed by atoms with E-state index < -0.39 is 16.4 Å². The van der Waals surface area contributed by atoms with Gasteiger partial charge in [-0.1, -0.05) is 6.07 Å². The maximum atomic E-state index is 12.2. The Morgan fingerprint density at radius 2 is 2.23 bits per heavy atom. The Bertz CT molecular complexity index is 528. The predicted octanol–water partition coefficient (Wildman–Crippen LogP) is 2.59. The van der Waals surface area contributed by atoms with E-state index in [2.05, 4.69) is 4.98 Å². The molecule has 2 atom stereocenters. The van der Waals surface area contributed by atoms with Crippen molar-refractivity contribution in [2.75, 3.05) is 18.8 Å². The van der Waals surface area contributed by atoms with Crippen LogP contribution in [0.15, 0.2) is 24.4 Å². The van der Waals surface area contributed by atoms with E-state index in [0.29, 0.717) is 24.6 Å². The second-order valence-electron chi connectivity index (χ2n) is 6.65. The highest BCUT2D eigenvalue weighted by atomic mass is 32.2. The topological polar surface area (TPSA) is 59.5 Å². The van der Waals surface area contributed by atoms with Gasteiger partial charge in [0.15, 0.2) is 0 Å². The fourth-order valence-electron chi connectivity index (χ4n) is 2.43. The highest BCUT2D eigenvalue weighted by Gasteiger charge is 2.30. The number of ether oxygens (including phenoxy) is 1. The van der Waals surface area contributed by atoms with Crippen LogP contribution in [0.3, 0.4) is 0 Å². The van der Waals surface area contributed by atoms with Crippen LogP contribution in [-0.2, 0) is 21.3 Å². The number of amides is 1. The van der Waals surface area contributed by atoms with Crippen molar-refractivity contribution in [3.8, 4) is 0 Å². The molecule has 5 nitrogen and oxygen atoms in total. The predicted molar refractivity (Wildman–Crippen MR) is 86.9 cm³/mol. The minimum absolute atomic E-state index is 0.273. The molecule has 2 rings (SSSR count). The second-order valence-corrected chi connectivity index (χ2v) is 8.15. The summed E-state index contributed by atoms with van der Waals surface area (Å²) in [5.41, 5.74) is 0.375. The molecule has 1 aromatic heterocycles. The van der Waals surface area contributed by atoms with Gasteiger partial charge in [-0.25, -0.2) is 4.79 Å². The van der Waals surface area contributed by atoms with Gasteiger partial charge in [0.05, 0.1) is 11.4 Å². The Morgan fingerprint density at radius 1 is 1.45 bits per heavy atom. The molecule has 0 radical (unpaired) electrons. The molecule has 0 aromatic carbocycles. The fourth-order valence-corrected chi connectivity index (χ4v) is 3.85. The lowest BCUT2D eigenvalue weighted by Gasteiger charge is -2.24. The van der Waals surface area contributed by atoms with E-state index in [1.165, 1.54) is 0 Å². The van der Waals surface area contributed by atoms with Crippen molar-refractivity contribution in [3.63, 3.8) is 0 Å². The number of carbonyl (C=O) groups is 1. The first-order chi connectivity index (χ1) is 10.3. The Balaban J connectivity index is 1.79. The lowest BCUT2D eigenvalue weighted by Crippen LogP contribution is -2.35. The third-order valence-corrected chi connectivity index (χ3v) is 4.86. The summed E-state index contributed by atoms with van der Waals surface area (Å²) in [4.78, 5) is 17.9. The third kappa shape index (κ3) is 5.40. The average Bonchev–Trinajstić information content (AvgIpc) is 2.86. The molecule has 0 N–H and O–H groups in total. The number of hydrogen-bond donors (Lipinski definition) is 0. The Hall–Kier alpha value is -1.43. The first kappa shape index (κ1) is 16.9. The van der Waals surface area contributed by atoms with Crippen LogP contribution in [0.1, 0.15) is 32.9 Å². The van der Waals surface area contributed by atoms with Gasteiger partial charge in [-0.3, -0.25) is 9.19 Å². The molecule has 2 heterocycles. The van der Waals surface area contributed by atoms with Crippen LogP contribution < -0.4 is 0 Å². The number of aromatic nitrogens is 1. The first-order valence-corrected chi connectivity index (χ1v) is 9.05.